The summed E-state index contributed by atoms with van der Waals surface area (Å²) in [7, 11) is -5.15. The number of thioether (sulfide) groups is 1. The van der Waals surface area contributed by atoms with Gasteiger partial charge in [-0.1, -0.05) is 6.58 Å². The monoisotopic (exact) mass is 431 g/mol. The van der Waals surface area contributed by atoms with Crippen LogP contribution in [0.25, 0.3) is 0 Å². The predicted molar refractivity (Wildman–Crippen MR) is 96.3 cm³/mol. The number of hydrogen-bond acceptors (Lipinski definition) is 10. The van der Waals surface area contributed by atoms with E-state index in [4.69, 9.17) is 9.66 Å². The minimum Gasteiger partial charge on any atom is -0.394 e. The molecule has 0 unspecified atom stereocenters. The Kier molecular flexibility index (Phi) is 12.7. The van der Waals surface area contributed by atoms with Crippen LogP contribution in [0, 0.1) is 0 Å². The van der Waals surface area contributed by atoms with Crippen LogP contribution in [0.1, 0.15) is 12.8 Å². The van der Waals surface area contributed by atoms with Gasteiger partial charge in [0.15, 0.2) is 5.78 Å². The lowest BCUT2D eigenvalue weighted by Gasteiger charge is -2.27. The molecule has 0 radical (unpaired) electrons. The van der Waals surface area contributed by atoms with E-state index in [1.165, 1.54) is 11.8 Å². The molecule has 0 saturated carbocycles. The first-order valence-corrected chi connectivity index (χ1v) is 10.4. The number of carbonyl (C=O) groups is 2. The molecule has 0 aliphatic heterocycles. The van der Waals surface area contributed by atoms with E-state index >= 15 is 0 Å². The second-order valence-corrected chi connectivity index (χ2v) is 7.62. The second kappa shape index (κ2) is 13.2. The van der Waals surface area contributed by atoms with Gasteiger partial charge in [0, 0.05) is 18.7 Å². The van der Waals surface area contributed by atoms with Gasteiger partial charge in [0.25, 0.3) is 0 Å². The van der Waals surface area contributed by atoms with Crippen molar-refractivity contribution >= 4 is 33.9 Å². The molecule has 0 aromatic rings. The summed E-state index contributed by atoms with van der Waals surface area (Å²) in [5.74, 6) is -0.341. The summed E-state index contributed by atoms with van der Waals surface area (Å²) in [5.41, 5.74) is 0. The molecule has 1 amide bonds. The number of Topliss-reactive ketones (excluding diaryl/α,β-unsaturated/α-hetero) is 1. The van der Waals surface area contributed by atoms with Crippen LogP contribution in [-0.4, -0.2) is 94.2 Å². The first-order valence-electron chi connectivity index (χ1n) is 7.85. The van der Waals surface area contributed by atoms with Crippen molar-refractivity contribution in [2.24, 2.45) is 0 Å². The minimum atomic E-state index is -5.15. The van der Waals surface area contributed by atoms with Crippen molar-refractivity contribution in [3.05, 3.63) is 12.7 Å². The summed E-state index contributed by atoms with van der Waals surface area (Å²) in [5, 5.41) is 40.4. The van der Waals surface area contributed by atoms with E-state index in [1.54, 1.807) is 0 Å². The zero-order valence-corrected chi connectivity index (χ0v) is 16.1. The lowest BCUT2D eigenvalue weighted by atomic mass is 9.99. The van der Waals surface area contributed by atoms with Gasteiger partial charge in [0.1, 0.15) is 24.4 Å². The van der Waals surface area contributed by atoms with Crippen molar-refractivity contribution in [1.29, 1.82) is 0 Å². The summed E-state index contributed by atoms with van der Waals surface area (Å²) in [6.07, 6.45) is -6.84. The number of amides is 1. The van der Waals surface area contributed by atoms with Crippen LogP contribution in [0.3, 0.4) is 0 Å². The van der Waals surface area contributed by atoms with Crippen molar-refractivity contribution in [3.8, 4) is 0 Å². The number of nitrogens with one attached hydrogen (secondary N) is 1. The van der Waals surface area contributed by atoms with Crippen molar-refractivity contribution < 1.29 is 47.2 Å². The molecule has 0 aliphatic rings. The highest BCUT2D eigenvalue weighted by atomic mass is 32.3. The third-order valence-electron chi connectivity index (χ3n) is 3.23. The molecule has 0 fully saturated rings. The zero-order valence-electron chi connectivity index (χ0n) is 14.4. The molecule has 11 nitrogen and oxygen atoms in total. The normalized spacial score (nSPS) is 16.2. The first-order chi connectivity index (χ1) is 12.5. The third-order valence-corrected chi connectivity index (χ3v) is 4.77. The summed E-state index contributed by atoms with van der Waals surface area (Å²) >= 11 is 1.33. The SMILES string of the molecule is C=CC(=O)NCCCSCCC(=O)[C@H](O)[C@@H](OS(=O)(=O)O)[C@@H](O)[C@H](O)CO. The molecular weight excluding hydrogens is 406 g/mol. The van der Waals surface area contributed by atoms with Gasteiger partial charge in [-0.3, -0.25) is 14.1 Å². The van der Waals surface area contributed by atoms with Crippen LogP contribution >= 0.6 is 11.8 Å². The fourth-order valence-corrected chi connectivity index (χ4v) is 3.23. The predicted octanol–water partition coefficient (Wildman–Crippen LogP) is -2.37. The van der Waals surface area contributed by atoms with Gasteiger partial charge in [-0.25, -0.2) is 4.18 Å². The van der Waals surface area contributed by atoms with Crippen LogP contribution in [0.2, 0.25) is 0 Å². The molecule has 4 atom stereocenters. The second-order valence-electron chi connectivity index (χ2n) is 5.35. The largest absolute Gasteiger partial charge is 0.397 e. The van der Waals surface area contributed by atoms with Gasteiger partial charge in [0.2, 0.25) is 5.91 Å². The summed E-state index contributed by atoms with van der Waals surface area (Å²) < 4.78 is 34.4. The molecule has 158 valence electrons. The minimum absolute atomic E-state index is 0.210. The van der Waals surface area contributed by atoms with E-state index in [2.05, 4.69) is 16.1 Å². The Hall–Kier alpha value is -1.06. The Morgan fingerprint density at radius 2 is 1.85 bits per heavy atom. The van der Waals surface area contributed by atoms with Crippen LogP contribution in [0.5, 0.6) is 0 Å². The van der Waals surface area contributed by atoms with Crippen LogP contribution in [-0.2, 0) is 24.2 Å². The van der Waals surface area contributed by atoms with Crippen LogP contribution in [0.4, 0.5) is 0 Å². The highest BCUT2D eigenvalue weighted by molar-refractivity contribution is 7.99. The molecule has 0 aliphatic carbocycles. The fraction of sp³-hybridized carbons (Fsp3) is 0.714. The van der Waals surface area contributed by atoms with Gasteiger partial charge >= 0.3 is 10.4 Å². The van der Waals surface area contributed by atoms with E-state index in [0.717, 1.165) is 6.08 Å². The molecule has 0 spiro atoms. The molecular formula is C14H25NO10S2. The van der Waals surface area contributed by atoms with E-state index in [9.17, 15) is 33.3 Å². The number of ketones is 1. The number of aliphatic hydroxyl groups is 4. The van der Waals surface area contributed by atoms with Crippen LogP contribution in [0.15, 0.2) is 12.7 Å². The molecule has 27 heavy (non-hydrogen) atoms. The Morgan fingerprint density at radius 1 is 1.22 bits per heavy atom. The number of aliphatic hydroxyl groups excluding tert-OH is 4. The quantitative estimate of drug-likeness (QED) is 0.0923. The average molecular weight is 431 g/mol. The lowest BCUT2D eigenvalue weighted by molar-refractivity contribution is -0.143. The van der Waals surface area contributed by atoms with Gasteiger partial charge in [-0.2, -0.15) is 20.2 Å². The van der Waals surface area contributed by atoms with Crippen LogP contribution < -0.4 is 5.32 Å². The third kappa shape index (κ3) is 11.4. The number of hydrogen-bond donors (Lipinski definition) is 6. The van der Waals surface area contributed by atoms with E-state index in [1.807, 2.05) is 0 Å². The standard InChI is InChI=1S/C14H25NO10S2/c1-2-11(19)15-5-3-6-26-7-4-9(17)12(20)14(25-27(22,23)24)13(21)10(18)8-16/h2,10,12-14,16,18,20-21H,1,3-8H2,(H,15,19)(H,22,23,24)/t10-,12+,13+,14-/m1/s1. The van der Waals surface area contributed by atoms with Gasteiger partial charge in [-0.05, 0) is 18.2 Å². The van der Waals surface area contributed by atoms with Crippen molar-refractivity contribution in [1.82, 2.24) is 5.32 Å². The van der Waals surface area contributed by atoms with Gasteiger partial charge in [-0.15, -0.1) is 0 Å². The van der Waals surface area contributed by atoms with E-state index in [0.29, 0.717) is 18.7 Å². The molecule has 0 aromatic carbocycles. The number of rotatable bonds is 15. The Labute approximate surface area is 161 Å². The zero-order chi connectivity index (χ0) is 21.0. The van der Waals surface area contributed by atoms with Crippen molar-refractivity contribution in [2.75, 3.05) is 24.7 Å². The molecule has 0 bridgehead atoms. The van der Waals surface area contributed by atoms with Gasteiger partial charge in [0.05, 0.1) is 6.61 Å². The maximum atomic E-state index is 12.0. The topological polar surface area (TPSA) is 191 Å². The molecule has 6 N–H and O–H groups in total. The smallest absolute Gasteiger partial charge is 0.394 e. The molecule has 13 heteroatoms. The Morgan fingerprint density at radius 3 is 2.37 bits per heavy atom. The highest BCUT2D eigenvalue weighted by Gasteiger charge is 2.39. The summed E-state index contributed by atoms with van der Waals surface area (Å²) in [6.45, 7) is 2.73. The van der Waals surface area contributed by atoms with E-state index < -0.39 is 47.2 Å². The first kappa shape index (κ1) is 25.9. The summed E-state index contributed by atoms with van der Waals surface area (Å²) in [4.78, 5) is 22.9. The highest BCUT2D eigenvalue weighted by Crippen LogP contribution is 2.15. The lowest BCUT2D eigenvalue weighted by Crippen LogP contribution is -2.51. The Balaban J connectivity index is 4.49. The molecule has 0 rings (SSSR count). The summed E-state index contributed by atoms with van der Waals surface area (Å²) in [6, 6.07) is 0. The maximum absolute atomic E-state index is 12.0. The number of carbonyl (C=O) groups excluding carboxylic acids is 2. The van der Waals surface area contributed by atoms with E-state index in [-0.39, 0.29) is 18.1 Å². The van der Waals surface area contributed by atoms with Gasteiger partial charge < -0.3 is 25.7 Å². The van der Waals surface area contributed by atoms with Crippen molar-refractivity contribution in [2.45, 2.75) is 37.3 Å². The average Bonchev–Trinajstić information content (AvgIpc) is 2.62. The molecule has 0 heterocycles. The van der Waals surface area contributed by atoms with Crippen molar-refractivity contribution in [3.63, 3.8) is 0 Å². The fourth-order valence-electron chi connectivity index (χ4n) is 1.83. The molecule has 0 saturated heterocycles. The maximum Gasteiger partial charge on any atom is 0.397 e. The molecule has 0 aromatic heterocycles. The Bertz CT molecular complexity index is 582.